The summed E-state index contributed by atoms with van der Waals surface area (Å²) in [5.41, 5.74) is 0.00614. The monoisotopic (exact) mass is 378 g/mol. The Balaban J connectivity index is 1.77. The highest BCUT2D eigenvalue weighted by Gasteiger charge is 2.30. The second-order valence-electron chi connectivity index (χ2n) is 6.89. The van der Waals surface area contributed by atoms with E-state index in [0.29, 0.717) is 18.2 Å². The summed E-state index contributed by atoms with van der Waals surface area (Å²) >= 11 is 0. The van der Waals surface area contributed by atoms with Gasteiger partial charge in [0, 0.05) is 18.3 Å². The summed E-state index contributed by atoms with van der Waals surface area (Å²) < 4.78 is 64.1. The van der Waals surface area contributed by atoms with Crippen molar-refractivity contribution in [1.82, 2.24) is 4.72 Å². The molecule has 1 aliphatic rings. The minimum absolute atomic E-state index is 0.0188. The molecule has 0 spiro atoms. The number of halogens is 3. The third kappa shape index (κ3) is 5.88. The number of alkyl halides is 3. The van der Waals surface area contributed by atoms with Gasteiger partial charge in [0.05, 0.1) is 10.8 Å². The summed E-state index contributed by atoms with van der Waals surface area (Å²) in [5.74, 6) is 0.391. The Labute approximate surface area is 147 Å². The van der Waals surface area contributed by atoms with Crippen molar-refractivity contribution >= 4 is 15.7 Å². The molecule has 142 valence electrons. The Bertz CT molecular complexity index is 649. The molecule has 0 saturated heterocycles. The van der Waals surface area contributed by atoms with Crippen molar-refractivity contribution in [1.29, 1.82) is 0 Å². The van der Waals surface area contributed by atoms with Crippen LogP contribution in [-0.4, -0.2) is 26.3 Å². The molecule has 0 unspecified atom stereocenters. The van der Waals surface area contributed by atoms with Gasteiger partial charge < -0.3 is 5.32 Å². The Morgan fingerprint density at radius 2 is 1.64 bits per heavy atom. The number of sulfonamides is 1. The average molecular weight is 378 g/mol. The van der Waals surface area contributed by atoms with Crippen LogP contribution in [0.4, 0.5) is 18.9 Å². The quantitative estimate of drug-likeness (QED) is 0.787. The molecule has 0 aliphatic heterocycles. The topological polar surface area (TPSA) is 58.2 Å². The smallest absolute Gasteiger partial charge is 0.385 e. The molecule has 8 heteroatoms. The highest BCUT2D eigenvalue weighted by atomic mass is 32.2. The van der Waals surface area contributed by atoms with E-state index in [1.807, 2.05) is 0 Å². The molecule has 0 atom stereocenters. The molecule has 1 fully saturated rings. The molecule has 2 rings (SSSR count). The van der Waals surface area contributed by atoms with Gasteiger partial charge in [-0.25, -0.2) is 13.1 Å². The lowest BCUT2D eigenvalue weighted by molar-refractivity contribution is -0.137. The largest absolute Gasteiger partial charge is 0.416 e. The minimum atomic E-state index is -4.32. The van der Waals surface area contributed by atoms with E-state index in [-0.39, 0.29) is 6.04 Å². The minimum Gasteiger partial charge on any atom is -0.385 e. The van der Waals surface area contributed by atoms with Crippen LogP contribution >= 0.6 is 0 Å². The molecule has 0 aromatic heterocycles. The van der Waals surface area contributed by atoms with E-state index in [1.165, 1.54) is 12.1 Å². The molecule has 2 N–H and O–H groups in total. The molecule has 0 bridgehead atoms. The average Bonchev–Trinajstić information content (AvgIpc) is 2.53. The summed E-state index contributed by atoms with van der Waals surface area (Å²) in [6.07, 6.45) is -0.977. The fraction of sp³-hybridized carbons (Fsp3) is 0.647. The second-order valence-corrected chi connectivity index (χ2v) is 9.15. The van der Waals surface area contributed by atoms with E-state index < -0.39 is 27.0 Å². The van der Waals surface area contributed by atoms with Gasteiger partial charge in [0.15, 0.2) is 0 Å². The van der Waals surface area contributed by atoms with Crippen LogP contribution in [0.3, 0.4) is 0 Å². The molecule has 1 aliphatic carbocycles. The van der Waals surface area contributed by atoms with Crippen molar-refractivity contribution in [2.45, 2.75) is 57.0 Å². The maximum Gasteiger partial charge on any atom is 0.416 e. The van der Waals surface area contributed by atoms with Crippen LogP contribution in [0.2, 0.25) is 0 Å². The summed E-state index contributed by atoms with van der Waals surface area (Å²) in [5, 5.41) is 2.73. The number of benzene rings is 1. The first-order chi connectivity index (χ1) is 11.6. The van der Waals surface area contributed by atoms with Gasteiger partial charge >= 0.3 is 6.18 Å². The van der Waals surface area contributed by atoms with E-state index in [9.17, 15) is 21.6 Å². The molecule has 1 aromatic rings. The van der Waals surface area contributed by atoms with E-state index in [4.69, 9.17) is 0 Å². The van der Waals surface area contributed by atoms with Gasteiger partial charge in [-0.15, -0.1) is 0 Å². The van der Waals surface area contributed by atoms with E-state index in [0.717, 1.165) is 37.8 Å². The van der Waals surface area contributed by atoms with Gasteiger partial charge in [0.25, 0.3) is 0 Å². The Hall–Kier alpha value is -1.28. The Kier molecular flexibility index (Phi) is 6.37. The second kappa shape index (κ2) is 7.95. The van der Waals surface area contributed by atoms with Crippen LogP contribution in [-0.2, 0) is 16.2 Å². The van der Waals surface area contributed by atoms with Gasteiger partial charge in [0.2, 0.25) is 10.0 Å². The van der Waals surface area contributed by atoms with Crippen LogP contribution in [0, 0.1) is 5.92 Å². The Morgan fingerprint density at radius 3 is 2.12 bits per heavy atom. The lowest BCUT2D eigenvalue weighted by Gasteiger charge is -2.29. The van der Waals surface area contributed by atoms with Crippen LogP contribution in [0.25, 0.3) is 0 Å². The third-order valence-corrected chi connectivity index (χ3v) is 6.51. The lowest BCUT2D eigenvalue weighted by atomic mass is 9.86. The fourth-order valence-corrected chi connectivity index (χ4v) is 3.86. The summed E-state index contributed by atoms with van der Waals surface area (Å²) in [6, 6.07) is 4.99. The number of hydrogen-bond acceptors (Lipinski definition) is 3. The first-order valence-corrected chi connectivity index (χ1v) is 10.0. The van der Waals surface area contributed by atoms with Crippen LogP contribution in [0.5, 0.6) is 0 Å². The van der Waals surface area contributed by atoms with Crippen molar-refractivity contribution in [2.24, 2.45) is 5.92 Å². The van der Waals surface area contributed by atoms with Crippen molar-refractivity contribution in [3.63, 3.8) is 0 Å². The summed E-state index contributed by atoms with van der Waals surface area (Å²) in [7, 11) is -3.24. The molecule has 1 aromatic carbocycles. The van der Waals surface area contributed by atoms with Gasteiger partial charge in [-0.1, -0.05) is 0 Å². The van der Waals surface area contributed by atoms with E-state index in [1.54, 1.807) is 13.8 Å². The van der Waals surface area contributed by atoms with E-state index >= 15 is 0 Å². The van der Waals surface area contributed by atoms with Gasteiger partial charge in [-0.3, -0.25) is 0 Å². The summed E-state index contributed by atoms with van der Waals surface area (Å²) in [6.45, 7) is 3.99. The number of anilines is 1. The molecule has 0 radical (unpaired) electrons. The lowest BCUT2D eigenvalue weighted by Crippen LogP contribution is -2.41. The standard InChI is InChI=1S/C17H25F3N2O2S/c1-12(2)25(23,24)22-16-7-3-13(4-8-16)11-21-15-9-5-14(6-10-15)17(18,19)20/h5-6,9-10,12-13,16,21-22H,3-4,7-8,11H2,1-2H3/t13-,16-. The van der Waals surface area contributed by atoms with Gasteiger partial charge in [-0.05, 0) is 69.7 Å². The zero-order valence-electron chi connectivity index (χ0n) is 14.4. The number of nitrogens with one attached hydrogen (secondary N) is 2. The highest BCUT2D eigenvalue weighted by molar-refractivity contribution is 7.90. The maximum atomic E-state index is 12.5. The fourth-order valence-electron chi connectivity index (χ4n) is 2.89. The SMILES string of the molecule is CC(C)S(=O)(=O)N[C@H]1CC[C@H](CNc2ccc(C(F)(F)F)cc2)CC1. The predicted octanol–water partition coefficient (Wildman–Crippen LogP) is 4.00. The van der Waals surface area contributed by atoms with Crippen LogP contribution in [0.1, 0.15) is 45.1 Å². The van der Waals surface area contributed by atoms with Crippen molar-refractivity contribution < 1.29 is 21.6 Å². The third-order valence-electron chi connectivity index (χ3n) is 4.61. The molecule has 0 amide bonds. The van der Waals surface area contributed by atoms with Crippen molar-refractivity contribution in [2.75, 3.05) is 11.9 Å². The normalized spacial score (nSPS) is 22.2. The van der Waals surface area contributed by atoms with Crippen LogP contribution < -0.4 is 10.0 Å². The van der Waals surface area contributed by atoms with Crippen molar-refractivity contribution in [3.05, 3.63) is 29.8 Å². The maximum absolute atomic E-state index is 12.5. The highest BCUT2D eigenvalue weighted by Crippen LogP contribution is 2.30. The van der Waals surface area contributed by atoms with Crippen molar-refractivity contribution in [3.8, 4) is 0 Å². The molecular weight excluding hydrogens is 353 g/mol. The molecule has 25 heavy (non-hydrogen) atoms. The predicted molar refractivity (Wildman–Crippen MR) is 92.9 cm³/mol. The van der Waals surface area contributed by atoms with Crippen LogP contribution in [0.15, 0.2) is 24.3 Å². The first kappa shape index (κ1) is 20.0. The van der Waals surface area contributed by atoms with E-state index in [2.05, 4.69) is 10.0 Å². The van der Waals surface area contributed by atoms with Gasteiger partial charge in [-0.2, -0.15) is 13.2 Å². The number of rotatable bonds is 6. The first-order valence-electron chi connectivity index (χ1n) is 8.50. The number of hydrogen-bond donors (Lipinski definition) is 2. The molecule has 0 heterocycles. The zero-order chi connectivity index (χ0) is 18.7. The zero-order valence-corrected chi connectivity index (χ0v) is 15.3. The molecular formula is C17H25F3N2O2S. The molecule has 4 nitrogen and oxygen atoms in total. The Morgan fingerprint density at radius 1 is 1.08 bits per heavy atom. The van der Waals surface area contributed by atoms with Gasteiger partial charge in [0.1, 0.15) is 0 Å². The summed E-state index contributed by atoms with van der Waals surface area (Å²) in [4.78, 5) is 0. The molecule has 1 saturated carbocycles.